The molecule has 0 spiro atoms. The summed E-state index contributed by atoms with van der Waals surface area (Å²) >= 11 is 0. The van der Waals surface area contributed by atoms with E-state index in [2.05, 4.69) is 34.2 Å². The summed E-state index contributed by atoms with van der Waals surface area (Å²) in [5, 5.41) is 1.20. The van der Waals surface area contributed by atoms with Crippen LogP contribution in [0.25, 0.3) is 10.9 Å². The zero-order chi connectivity index (χ0) is 14.1. The molecule has 0 atom stereocenters. The molecule has 4 heteroatoms. The molecule has 21 heavy (non-hydrogen) atoms. The molecule has 0 aliphatic carbocycles. The van der Waals surface area contributed by atoms with Crippen molar-refractivity contribution in [2.45, 2.75) is 6.54 Å². The van der Waals surface area contributed by atoms with E-state index < -0.39 is 0 Å². The first-order chi connectivity index (χ1) is 10.4. The van der Waals surface area contributed by atoms with E-state index in [4.69, 9.17) is 9.47 Å². The molecule has 104 valence electrons. The van der Waals surface area contributed by atoms with Gasteiger partial charge in [-0.15, -0.1) is 0 Å². The highest BCUT2D eigenvalue weighted by molar-refractivity contribution is 5.88. The quantitative estimate of drug-likeness (QED) is 0.745. The molecule has 4 rings (SSSR count). The molecule has 0 saturated carbocycles. The number of rotatable bonds is 3. The first-order valence-corrected chi connectivity index (χ1v) is 6.84. The van der Waals surface area contributed by atoms with Gasteiger partial charge in [-0.05, 0) is 46.8 Å². The van der Waals surface area contributed by atoms with Gasteiger partial charge in [0, 0.05) is 17.9 Å². The number of aromatic nitrogens is 1. The highest BCUT2D eigenvalue weighted by Gasteiger charge is 2.12. The maximum atomic E-state index is 5.37. The highest BCUT2D eigenvalue weighted by Crippen LogP contribution is 2.32. The van der Waals surface area contributed by atoms with E-state index >= 15 is 0 Å². The lowest BCUT2D eigenvalue weighted by molar-refractivity contribution is 0.174. The molecule has 0 amide bonds. The number of hydrogen-bond acceptors (Lipinski definition) is 3. The summed E-state index contributed by atoms with van der Waals surface area (Å²) < 4.78 is 10.7. The fourth-order valence-corrected chi connectivity index (χ4v) is 2.45. The van der Waals surface area contributed by atoms with Crippen LogP contribution in [-0.4, -0.2) is 18.0 Å². The van der Waals surface area contributed by atoms with Crippen LogP contribution in [-0.2, 0) is 6.54 Å². The maximum absolute atomic E-state index is 5.37. The van der Waals surface area contributed by atoms with Gasteiger partial charge < -0.3 is 14.5 Å². The van der Waals surface area contributed by atoms with Gasteiger partial charge in [0.2, 0.25) is 6.79 Å². The number of benzene rings is 2. The molecule has 0 fully saturated rings. The second-order valence-electron chi connectivity index (χ2n) is 4.98. The third kappa shape index (κ3) is 2.36. The van der Waals surface area contributed by atoms with Crippen LogP contribution in [0.1, 0.15) is 11.1 Å². The Bertz CT molecular complexity index is 821. The standard InChI is InChI=1S/C17H14N2O2/c1-3-15-14(5-6-19-15)7-12(1)9-18-10-13-2-4-16-17(8-13)21-11-20-16/h1-9,19H,10-11H2. The van der Waals surface area contributed by atoms with Crippen molar-refractivity contribution in [3.8, 4) is 11.5 Å². The fourth-order valence-electron chi connectivity index (χ4n) is 2.45. The topological polar surface area (TPSA) is 46.6 Å². The van der Waals surface area contributed by atoms with Crippen LogP contribution in [0, 0.1) is 0 Å². The van der Waals surface area contributed by atoms with E-state index in [-0.39, 0.29) is 0 Å². The molecular weight excluding hydrogens is 264 g/mol. The number of aromatic amines is 1. The minimum atomic E-state index is 0.304. The average molecular weight is 278 g/mol. The summed E-state index contributed by atoms with van der Waals surface area (Å²) in [6.45, 7) is 0.931. The van der Waals surface area contributed by atoms with E-state index in [0.29, 0.717) is 13.3 Å². The summed E-state index contributed by atoms with van der Waals surface area (Å²) in [6, 6.07) is 14.2. The van der Waals surface area contributed by atoms with Crippen LogP contribution in [0.3, 0.4) is 0 Å². The Morgan fingerprint density at radius 2 is 2.00 bits per heavy atom. The molecule has 0 bridgehead atoms. The smallest absolute Gasteiger partial charge is 0.231 e. The Labute approximate surface area is 122 Å². The first kappa shape index (κ1) is 12.0. The van der Waals surface area contributed by atoms with Crippen molar-refractivity contribution < 1.29 is 9.47 Å². The molecule has 1 aromatic heterocycles. The molecule has 0 unspecified atom stereocenters. The van der Waals surface area contributed by atoms with Crippen LogP contribution in [0.15, 0.2) is 53.7 Å². The van der Waals surface area contributed by atoms with Crippen molar-refractivity contribution in [2.24, 2.45) is 4.99 Å². The normalized spacial score (nSPS) is 13.3. The van der Waals surface area contributed by atoms with Gasteiger partial charge in [-0.1, -0.05) is 12.1 Å². The van der Waals surface area contributed by atoms with E-state index in [9.17, 15) is 0 Å². The van der Waals surface area contributed by atoms with Gasteiger partial charge in [-0.25, -0.2) is 0 Å². The number of hydrogen-bond donors (Lipinski definition) is 1. The number of nitrogens with one attached hydrogen (secondary N) is 1. The van der Waals surface area contributed by atoms with Crippen molar-refractivity contribution in [2.75, 3.05) is 6.79 Å². The van der Waals surface area contributed by atoms with Crippen LogP contribution in [0.5, 0.6) is 11.5 Å². The van der Waals surface area contributed by atoms with Crippen molar-refractivity contribution >= 4 is 17.1 Å². The van der Waals surface area contributed by atoms with Gasteiger partial charge in [-0.2, -0.15) is 0 Å². The van der Waals surface area contributed by atoms with Gasteiger partial charge in [0.05, 0.1) is 6.54 Å². The molecule has 1 N–H and O–H groups in total. The molecule has 1 aliphatic rings. The molecule has 2 aromatic carbocycles. The van der Waals surface area contributed by atoms with Gasteiger partial charge in [0.25, 0.3) is 0 Å². The Hall–Kier alpha value is -2.75. The summed E-state index contributed by atoms with van der Waals surface area (Å²) in [4.78, 5) is 7.68. The van der Waals surface area contributed by atoms with Gasteiger partial charge >= 0.3 is 0 Å². The van der Waals surface area contributed by atoms with Crippen molar-refractivity contribution in [3.05, 3.63) is 59.8 Å². The molecular formula is C17H14N2O2. The van der Waals surface area contributed by atoms with Crippen LogP contribution in [0.4, 0.5) is 0 Å². The van der Waals surface area contributed by atoms with Crippen molar-refractivity contribution in [3.63, 3.8) is 0 Å². The fraction of sp³-hybridized carbons (Fsp3) is 0.118. The Balaban J connectivity index is 1.50. The molecule has 2 heterocycles. The lowest BCUT2D eigenvalue weighted by Crippen LogP contribution is -1.92. The second-order valence-corrected chi connectivity index (χ2v) is 4.98. The predicted octanol–water partition coefficient (Wildman–Crippen LogP) is 3.52. The van der Waals surface area contributed by atoms with Crippen LogP contribution >= 0.6 is 0 Å². The SMILES string of the molecule is C(=NCc1ccc2c(c1)OCO2)c1ccc2[nH]ccc2c1. The van der Waals surface area contributed by atoms with Gasteiger partial charge in [0.1, 0.15) is 0 Å². The average Bonchev–Trinajstić information content (AvgIpc) is 3.14. The zero-order valence-electron chi connectivity index (χ0n) is 11.4. The Kier molecular flexibility index (Phi) is 2.85. The lowest BCUT2D eigenvalue weighted by atomic mass is 10.1. The molecule has 3 aromatic rings. The summed E-state index contributed by atoms with van der Waals surface area (Å²) in [6.07, 6.45) is 3.84. The van der Waals surface area contributed by atoms with Gasteiger partial charge in [-0.3, -0.25) is 4.99 Å². The zero-order valence-corrected chi connectivity index (χ0v) is 11.4. The third-order valence-electron chi connectivity index (χ3n) is 3.53. The molecule has 0 radical (unpaired) electrons. The molecule has 4 nitrogen and oxygen atoms in total. The minimum Gasteiger partial charge on any atom is -0.454 e. The second kappa shape index (κ2) is 4.98. The number of nitrogens with zero attached hydrogens (tertiary/aromatic N) is 1. The maximum Gasteiger partial charge on any atom is 0.231 e. The van der Waals surface area contributed by atoms with E-state index in [1.165, 1.54) is 5.39 Å². The third-order valence-corrected chi connectivity index (χ3v) is 3.53. The minimum absolute atomic E-state index is 0.304. The monoisotopic (exact) mass is 278 g/mol. The highest BCUT2D eigenvalue weighted by atomic mass is 16.7. The van der Waals surface area contributed by atoms with Crippen molar-refractivity contribution in [1.82, 2.24) is 4.98 Å². The van der Waals surface area contributed by atoms with Crippen LogP contribution in [0.2, 0.25) is 0 Å². The van der Waals surface area contributed by atoms with E-state index in [1.54, 1.807) is 0 Å². The molecule has 0 saturated heterocycles. The summed E-state index contributed by atoms with van der Waals surface area (Å²) in [5.41, 5.74) is 3.35. The van der Waals surface area contributed by atoms with Crippen molar-refractivity contribution in [1.29, 1.82) is 0 Å². The van der Waals surface area contributed by atoms with E-state index in [1.807, 2.05) is 30.6 Å². The number of H-pyrrole nitrogens is 1. The largest absolute Gasteiger partial charge is 0.454 e. The Morgan fingerprint density at radius 3 is 3.00 bits per heavy atom. The number of fused-ring (bicyclic) bond motifs is 2. The van der Waals surface area contributed by atoms with Crippen LogP contribution < -0.4 is 9.47 Å². The summed E-state index contributed by atoms with van der Waals surface area (Å²) in [7, 11) is 0. The molecule has 1 aliphatic heterocycles. The van der Waals surface area contributed by atoms with Gasteiger partial charge in [0.15, 0.2) is 11.5 Å². The lowest BCUT2D eigenvalue weighted by Gasteiger charge is -1.99. The Morgan fingerprint density at radius 1 is 1.05 bits per heavy atom. The summed E-state index contributed by atoms with van der Waals surface area (Å²) in [5.74, 6) is 1.61. The number of aliphatic imine (C=N–C) groups is 1. The predicted molar refractivity (Wildman–Crippen MR) is 82.2 cm³/mol. The number of ether oxygens (including phenoxy) is 2. The van der Waals surface area contributed by atoms with E-state index in [0.717, 1.165) is 28.1 Å². The first-order valence-electron chi connectivity index (χ1n) is 6.84.